The molecule has 3 N–H and O–H groups in total. The maximum absolute atomic E-state index is 12.9. The van der Waals surface area contributed by atoms with Gasteiger partial charge in [-0.05, 0) is 49.9 Å². The highest BCUT2D eigenvalue weighted by molar-refractivity contribution is 5.94. The molecule has 1 fully saturated rings. The van der Waals surface area contributed by atoms with E-state index in [0.717, 1.165) is 31.4 Å². The molecule has 0 bridgehead atoms. The average Bonchev–Trinajstić information content (AvgIpc) is 2.59. The molecule has 1 aromatic rings. The zero-order valence-corrected chi connectivity index (χ0v) is 14.1. The van der Waals surface area contributed by atoms with E-state index in [-0.39, 0.29) is 30.5 Å². The number of nitrogens with two attached hydrogens (primary N) is 1. The highest BCUT2D eigenvalue weighted by Crippen LogP contribution is 2.32. The molecular weight excluding hydrogens is 337 g/mol. The third-order valence-corrected chi connectivity index (χ3v) is 4.00. The molecule has 1 heterocycles. The smallest absolute Gasteiger partial charge is 0.376 e. The van der Waals surface area contributed by atoms with Gasteiger partial charge in [-0.3, -0.25) is 4.79 Å². The summed E-state index contributed by atoms with van der Waals surface area (Å²) in [6.45, 7) is 2.46. The van der Waals surface area contributed by atoms with E-state index in [1.54, 1.807) is 6.92 Å². The summed E-state index contributed by atoms with van der Waals surface area (Å²) >= 11 is 0. The lowest BCUT2D eigenvalue weighted by atomic mass is 10.1. The number of carbonyl (C=O) groups excluding carboxylic acids is 1. The number of ether oxygens (including phenoxy) is 2. The number of benzene rings is 1. The number of carbonyl (C=O) groups is 1. The highest BCUT2D eigenvalue weighted by atomic mass is 19.4. The van der Waals surface area contributed by atoms with Gasteiger partial charge in [0.05, 0.1) is 18.3 Å². The quantitative estimate of drug-likeness (QED) is 0.818. The van der Waals surface area contributed by atoms with Crippen molar-refractivity contribution in [2.24, 2.45) is 5.73 Å². The van der Waals surface area contributed by atoms with Crippen molar-refractivity contribution in [3.63, 3.8) is 0 Å². The van der Waals surface area contributed by atoms with Crippen LogP contribution in [0.2, 0.25) is 0 Å². The van der Waals surface area contributed by atoms with Crippen LogP contribution in [0.15, 0.2) is 18.2 Å². The molecule has 1 aliphatic heterocycles. The van der Waals surface area contributed by atoms with E-state index in [2.05, 4.69) is 5.32 Å². The molecule has 8 heteroatoms. The van der Waals surface area contributed by atoms with Crippen molar-refractivity contribution in [1.82, 2.24) is 0 Å². The zero-order valence-electron chi connectivity index (χ0n) is 14.1. The van der Waals surface area contributed by atoms with E-state index in [1.165, 1.54) is 6.07 Å². The van der Waals surface area contributed by atoms with Crippen molar-refractivity contribution in [1.29, 1.82) is 0 Å². The Morgan fingerprint density at radius 1 is 1.40 bits per heavy atom. The molecule has 1 amide bonds. The van der Waals surface area contributed by atoms with Crippen LogP contribution in [0.3, 0.4) is 0 Å². The Kier molecular flexibility index (Phi) is 6.80. The minimum atomic E-state index is -4.51. The number of hydrogen-bond acceptors (Lipinski definition) is 4. The molecule has 0 aliphatic carbocycles. The SMILES string of the molecule is CC(OCC1CCCCO1)C(=O)Nc1cc(CN)cc(C(F)(F)F)c1. The van der Waals surface area contributed by atoms with Gasteiger partial charge in [0.2, 0.25) is 0 Å². The minimum absolute atomic E-state index is 0.0404. The Bertz CT molecular complexity index is 587. The van der Waals surface area contributed by atoms with E-state index >= 15 is 0 Å². The molecule has 2 atom stereocenters. The Morgan fingerprint density at radius 3 is 2.76 bits per heavy atom. The summed E-state index contributed by atoms with van der Waals surface area (Å²) in [6, 6.07) is 3.27. The van der Waals surface area contributed by atoms with Gasteiger partial charge in [0.1, 0.15) is 6.10 Å². The topological polar surface area (TPSA) is 73.6 Å². The molecule has 1 saturated heterocycles. The van der Waals surface area contributed by atoms with Gasteiger partial charge in [-0.1, -0.05) is 0 Å². The van der Waals surface area contributed by atoms with Gasteiger partial charge in [0.15, 0.2) is 0 Å². The van der Waals surface area contributed by atoms with Gasteiger partial charge in [-0.15, -0.1) is 0 Å². The Balaban J connectivity index is 1.96. The fraction of sp³-hybridized carbons (Fsp3) is 0.588. The number of nitrogens with one attached hydrogen (secondary N) is 1. The third kappa shape index (κ3) is 5.98. The van der Waals surface area contributed by atoms with Crippen LogP contribution in [0, 0.1) is 0 Å². The first kappa shape index (κ1) is 19.7. The monoisotopic (exact) mass is 360 g/mol. The minimum Gasteiger partial charge on any atom is -0.376 e. The summed E-state index contributed by atoms with van der Waals surface area (Å²) in [5.41, 5.74) is 4.91. The van der Waals surface area contributed by atoms with Crippen LogP contribution in [-0.2, 0) is 27.0 Å². The van der Waals surface area contributed by atoms with Crippen molar-refractivity contribution in [3.05, 3.63) is 29.3 Å². The number of rotatable bonds is 6. The molecule has 0 saturated carbocycles. The molecule has 0 spiro atoms. The lowest BCUT2D eigenvalue weighted by Gasteiger charge is -2.24. The summed E-state index contributed by atoms with van der Waals surface area (Å²) in [5, 5.41) is 2.46. The fourth-order valence-corrected chi connectivity index (χ4v) is 2.56. The predicted molar refractivity (Wildman–Crippen MR) is 87.0 cm³/mol. The number of hydrogen-bond donors (Lipinski definition) is 2. The molecule has 5 nitrogen and oxygen atoms in total. The molecule has 25 heavy (non-hydrogen) atoms. The fourth-order valence-electron chi connectivity index (χ4n) is 2.56. The van der Waals surface area contributed by atoms with E-state index in [4.69, 9.17) is 15.2 Å². The van der Waals surface area contributed by atoms with E-state index in [1.807, 2.05) is 0 Å². The number of alkyl halides is 3. The second-order valence-corrected chi connectivity index (χ2v) is 6.07. The molecule has 0 aromatic heterocycles. The van der Waals surface area contributed by atoms with Crippen LogP contribution < -0.4 is 11.1 Å². The molecule has 2 rings (SSSR count). The molecule has 2 unspecified atom stereocenters. The van der Waals surface area contributed by atoms with Crippen LogP contribution in [0.4, 0.5) is 18.9 Å². The van der Waals surface area contributed by atoms with Gasteiger partial charge < -0.3 is 20.5 Å². The number of amides is 1. The van der Waals surface area contributed by atoms with Crippen molar-refractivity contribution >= 4 is 11.6 Å². The maximum Gasteiger partial charge on any atom is 0.416 e. The second-order valence-electron chi connectivity index (χ2n) is 6.07. The van der Waals surface area contributed by atoms with Crippen molar-refractivity contribution in [2.45, 2.75) is 51.1 Å². The van der Waals surface area contributed by atoms with Crippen molar-refractivity contribution in [3.8, 4) is 0 Å². The van der Waals surface area contributed by atoms with Gasteiger partial charge in [-0.2, -0.15) is 13.2 Å². The van der Waals surface area contributed by atoms with Crippen LogP contribution in [0.1, 0.15) is 37.3 Å². The van der Waals surface area contributed by atoms with Gasteiger partial charge >= 0.3 is 6.18 Å². The lowest BCUT2D eigenvalue weighted by molar-refractivity contribution is -0.137. The summed E-state index contributed by atoms with van der Waals surface area (Å²) < 4.78 is 49.7. The average molecular weight is 360 g/mol. The molecule has 140 valence electrons. The summed E-state index contributed by atoms with van der Waals surface area (Å²) in [6.07, 6.45) is -2.40. The van der Waals surface area contributed by atoms with Crippen LogP contribution in [0.25, 0.3) is 0 Å². The summed E-state index contributed by atoms with van der Waals surface area (Å²) in [5.74, 6) is -0.516. The molecule has 1 aromatic carbocycles. The maximum atomic E-state index is 12.9. The summed E-state index contributed by atoms with van der Waals surface area (Å²) in [4.78, 5) is 12.2. The van der Waals surface area contributed by atoms with Crippen LogP contribution >= 0.6 is 0 Å². The van der Waals surface area contributed by atoms with Gasteiger partial charge in [-0.25, -0.2) is 0 Å². The first-order valence-electron chi connectivity index (χ1n) is 8.25. The third-order valence-electron chi connectivity index (χ3n) is 4.00. The van der Waals surface area contributed by atoms with Crippen LogP contribution in [-0.4, -0.2) is 31.3 Å². The molecule has 1 aliphatic rings. The lowest BCUT2D eigenvalue weighted by Crippen LogP contribution is -2.32. The second kappa shape index (κ2) is 8.64. The largest absolute Gasteiger partial charge is 0.416 e. The van der Waals surface area contributed by atoms with Crippen LogP contribution in [0.5, 0.6) is 0 Å². The Morgan fingerprint density at radius 2 is 2.16 bits per heavy atom. The first-order valence-corrected chi connectivity index (χ1v) is 8.25. The van der Waals surface area contributed by atoms with Gasteiger partial charge in [0.25, 0.3) is 5.91 Å². The standard InChI is InChI=1S/C17H23F3N2O3/c1-11(25-10-15-4-2-3-5-24-15)16(23)22-14-7-12(9-21)6-13(8-14)17(18,19)20/h6-8,11,15H,2-5,9-10,21H2,1H3,(H,22,23). The Hall–Kier alpha value is -1.64. The molecular formula is C17H23F3N2O3. The number of halogens is 3. The predicted octanol–water partition coefficient (Wildman–Crippen LogP) is 3.08. The first-order chi connectivity index (χ1) is 11.8. The van der Waals surface area contributed by atoms with E-state index in [9.17, 15) is 18.0 Å². The van der Waals surface area contributed by atoms with Crippen molar-refractivity contribution in [2.75, 3.05) is 18.5 Å². The van der Waals surface area contributed by atoms with Gasteiger partial charge in [0, 0.05) is 18.8 Å². The molecule has 0 radical (unpaired) electrons. The van der Waals surface area contributed by atoms with E-state index < -0.39 is 23.8 Å². The van der Waals surface area contributed by atoms with E-state index in [0.29, 0.717) is 6.61 Å². The number of anilines is 1. The Labute approximate surface area is 144 Å². The van der Waals surface area contributed by atoms with Crippen molar-refractivity contribution < 1.29 is 27.4 Å². The summed E-state index contributed by atoms with van der Waals surface area (Å²) in [7, 11) is 0. The normalized spacial score (nSPS) is 19.5. The zero-order chi connectivity index (χ0) is 18.4. The highest BCUT2D eigenvalue weighted by Gasteiger charge is 2.31.